The number of carbonyl (C=O) groups is 1. The second kappa shape index (κ2) is 7.85. The van der Waals surface area contributed by atoms with Crippen LogP contribution in [0.2, 0.25) is 0 Å². The molecule has 0 saturated heterocycles. The summed E-state index contributed by atoms with van der Waals surface area (Å²) in [7, 11) is 0. The van der Waals surface area contributed by atoms with Crippen molar-refractivity contribution < 1.29 is 9.18 Å². The molecular weight excluding hydrogens is 229 g/mol. The van der Waals surface area contributed by atoms with Gasteiger partial charge in [-0.2, -0.15) is 0 Å². The highest BCUT2D eigenvalue weighted by Gasteiger charge is 2.12. The van der Waals surface area contributed by atoms with Gasteiger partial charge in [-0.3, -0.25) is 4.79 Å². The van der Waals surface area contributed by atoms with Crippen LogP contribution in [0.3, 0.4) is 0 Å². The molecule has 2 nitrogen and oxygen atoms in total. The van der Waals surface area contributed by atoms with Crippen molar-refractivity contribution in [1.29, 1.82) is 0 Å². The first-order valence-corrected chi connectivity index (χ1v) is 6.52. The van der Waals surface area contributed by atoms with Crippen molar-refractivity contribution in [2.45, 2.75) is 39.3 Å². The highest BCUT2D eigenvalue weighted by molar-refractivity contribution is 5.76. The molecule has 0 bridgehead atoms. The number of halogens is 1. The van der Waals surface area contributed by atoms with Gasteiger partial charge < -0.3 is 5.32 Å². The summed E-state index contributed by atoms with van der Waals surface area (Å²) in [5.41, 5.74) is 1.11. The molecule has 18 heavy (non-hydrogen) atoms. The fourth-order valence-electron chi connectivity index (χ4n) is 1.66. The molecule has 1 rings (SSSR count). The zero-order valence-corrected chi connectivity index (χ0v) is 11.2. The summed E-state index contributed by atoms with van der Waals surface area (Å²) in [6, 6.07) is 9.78. The van der Waals surface area contributed by atoms with Gasteiger partial charge in [0.2, 0.25) is 5.91 Å². The fraction of sp³-hybridized carbons (Fsp3) is 0.533. The van der Waals surface area contributed by atoms with Crippen LogP contribution in [0, 0.1) is 5.92 Å². The van der Waals surface area contributed by atoms with Gasteiger partial charge in [-0.1, -0.05) is 44.2 Å². The van der Waals surface area contributed by atoms with Gasteiger partial charge in [0, 0.05) is 6.54 Å². The Morgan fingerprint density at radius 2 is 1.94 bits per heavy atom. The number of benzene rings is 1. The zero-order chi connectivity index (χ0) is 13.4. The molecule has 1 atom stereocenters. The standard InChI is InChI=1S/C15H22FNO/c1-12(2)11-17-15(18)10-14(16)9-8-13-6-4-3-5-7-13/h3-7,12,14H,8-11H2,1-2H3,(H,17,18). The highest BCUT2D eigenvalue weighted by atomic mass is 19.1. The van der Waals surface area contributed by atoms with E-state index in [1.165, 1.54) is 0 Å². The summed E-state index contributed by atoms with van der Waals surface area (Å²) in [6.45, 7) is 4.65. The molecule has 0 aliphatic heterocycles. The van der Waals surface area contributed by atoms with Crippen molar-refractivity contribution >= 4 is 5.91 Å². The minimum Gasteiger partial charge on any atom is -0.356 e. The lowest BCUT2D eigenvalue weighted by atomic mass is 10.1. The normalized spacial score (nSPS) is 12.4. The van der Waals surface area contributed by atoms with Gasteiger partial charge in [0.1, 0.15) is 6.17 Å². The molecular formula is C15H22FNO. The molecule has 3 heteroatoms. The van der Waals surface area contributed by atoms with Gasteiger partial charge in [0.05, 0.1) is 6.42 Å². The Kier molecular flexibility index (Phi) is 6.40. The summed E-state index contributed by atoms with van der Waals surface area (Å²) in [5.74, 6) is 0.209. The van der Waals surface area contributed by atoms with Crippen LogP contribution in [0.1, 0.15) is 32.3 Å². The predicted molar refractivity (Wildman–Crippen MR) is 72.1 cm³/mol. The number of aryl methyl sites for hydroxylation is 1. The summed E-state index contributed by atoms with van der Waals surface area (Å²) in [5, 5.41) is 2.73. The average Bonchev–Trinajstić information content (AvgIpc) is 2.35. The van der Waals surface area contributed by atoms with E-state index in [-0.39, 0.29) is 12.3 Å². The molecule has 0 aromatic heterocycles. The first-order valence-electron chi connectivity index (χ1n) is 6.52. The highest BCUT2D eigenvalue weighted by Crippen LogP contribution is 2.10. The van der Waals surface area contributed by atoms with E-state index < -0.39 is 6.17 Å². The van der Waals surface area contributed by atoms with Crippen LogP contribution in [0.4, 0.5) is 4.39 Å². The molecule has 0 heterocycles. The monoisotopic (exact) mass is 251 g/mol. The van der Waals surface area contributed by atoms with Gasteiger partial charge in [-0.05, 0) is 24.3 Å². The van der Waals surface area contributed by atoms with Crippen molar-refractivity contribution in [3.05, 3.63) is 35.9 Å². The third-order valence-electron chi connectivity index (χ3n) is 2.70. The van der Waals surface area contributed by atoms with E-state index in [0.717, 1.165) is 5.56 Å². The van der Waals surface area contributed by atoms with Crippen LogP contribution >= 0.6 is 0 Å². The molecule has 1 unspecified atom stereocenters. The number of hydrogen-bond donors (Lipinski definition) is 1. The molecule has 0 aliphatic carbocycles. The first kappa shape index (κ1) is 14.7. The molecule has 0 fully saturated rings. The third kappa shape index (κ3) is 6.38. The maximum absolute atomic E-state index is 13.6. The summed E-state index contributed by atoms with van der Waals surface area (Å²) < 4.78 is 13.6. The van der Waals surface area contributed by atoms with Gasteiger partial charge in [-0.15, -0.1) is 0 Å². The van der Waals surface area contributed by atoms with E-state index in [1.807, 2.05) is 44.2 Å². The summed E-state index contributed by atoms with van der Waals surface area (Å²) >= 11 is 0. The zero-order valence-electron chi connectivity index (χ0n) is 11.2. The molecule has 0 spiro atoms. The van der Waals surface area contributed by atoms with Crippen LogP contribution < -0.4 is 5.32 Å². The van der Waals surface area contributed by atoms with Crippen LogP contribution in [0.5, 0.6) is 0 Å². The molecule has 1 N–H and O–H groups in total. The Hall–Kier alpha value is -1.38. The molecule has 0 radical (unpaired) electrons. The number of rotatable bonds is 7. The number of nitrogens with one attached hydrogen (secondary N) is 1. The lowest BCUT2D eigenvalue weighted by molar-refractivity contribution is -0.122. The second-order valence-electron chi connectivity index (χ2n) is 5.02. The van der Waals surface area contributed by atoms with Gasteiger partial charge in [-0.25, -0.2) is 4.39 Å². The Labute approximate surface area is 109 Å². The lowest BCUT2D eigenvalue weighted by Gasteiger charge is -2.10. The predicted octanol–water partition coefficient (Wildman–Crippen LogP) is 3.12. The molecule has 1 aromatic carbocycles. The van der Waals surface area contributed by atoms with E-state index in [2.05, 4.69) is 5.32 Å². The Bertz CT molecular complexity index is 351. The smallest absolute Gasteiger partial charge is 0.222 e. The van der Waals surface area contributed by atoms with Crippen molar-refractivity contribution in [2.75, 3.05) is 6.54 Å². The topological polar surface area (TPSA) is 29.1 Å². The lowest BCUT2D eigenvalue weighted by Crippen LogP contribution is -2.29. The SMILES string of the molecule is CC(C)CNC(=O)CC(F)CCc1ccccc1. The fourth-order valence-corrected chi connectivity index (χ4v) is 1.66. The van der Waals surface area contributed by atoms with Crippen molar-refractivity contribution in [3.8, 4) is 0 Å². The number of carbonyl (C=O) groups excluding carboxylic acids is 1. The van der Waals surface area contributed by atoms with Crippen molar-refractivity contribution in [1.82, 2.24) is 5.32 Å². The van der Waals surface area contributed by atoms with Gasteiger partial charge in [0.15, 0.2) is 0 Å². The molecule has 100 valence electrons. The maximum atomic E-state index is 13.6. The number of alkyl halides is 1. The van der Waals surface area contributed by atoms with Crippen LogP contribution in [0.25, 0.3) is 0 Å². The molecule has 1 aromatic rings. The van der Waals surface area contributed by atoms with E-state index in [1.54, 1.807) is 0 Å². The minimum absolute atomic E-state index is 0.0282. The van der Waals surface area contributed by atoms with E-state index >= 15 is 0 Å². The number of amides is 1. The molecule has 0 saturated carbocycles. The number of hydrogen-bond acceptors (Lipinski definition) is 1. The van der Waals surface area contributed by atoms with E-state index in [9.17, 15) is 9.18 Å². The van der Waals surface area contributed by atoms with Crippen LogP contribution in [0.15, 0.2) is 30.3 Å². The minimum atomic E-state index is -1.06. The second-order valence-corrected chi connectivity index (χ2v) is 5.02. The first-order chi connectivity index (χ1) is 8.58. The summed E-state index contributed by atoms with van der Waals surface area (Å²) in [4.78, 5) is 11.4. The van der Waals surface area contributed by atoms with Crippen molar-refractivity contribution in [2.24, 2.45) is 5.92 Å². The van der Waals surface area contributed by atoms with E-state index in [4.69, 9.17) is 0 Å². The quantitative estimate of drug-likeness (QED) is 0.792. The maximum Gasteiger partial charge on any atom is 0.222 e. The Morgan fingerprint density at radius 3 is 2.56 bits per heavy atom. The van der Waals surface area contributed by atoms with Crippen LogP contribution in [-0.4, -0.2) is 18.6 Å². The van der Waals surface area contributed by atoms with Gasteiger partial charge >= 0.3 is 0 Å². The molecule has 1 amide bonds. The van der Waals surface area contributed by atoms with Crippen molar-refractivity contribution in [3.63, 3.8) is 0 Å². The Balaban J connectivity index is 2.21. The third-order valence-corrected chi connectivity index (χ3v) is 2.70. The van der Waals surface area contributed by atoms with Crippen LogP contribution in [-0.2, 0) is 11.2 Å². The summed E-state index contributed by atoms with van der Waals surface area (Å²) in [6.07, 6.45) is -0.00429. The largest absolute Gasteiger partial charge is 0.356 e. The average molecular weight is 251 g/mol. The van der Waals surface area contributed by atoms with Gasteiger partial charge in [0.25, 0.3) is 0 Å². The Morgan fingerprint density at radius 1 is 1.28 bits per heavy atom. The molecule has 0 aliphatic rings. The van der Waals surface area contributed by atoms with E-state index in [0.29, 0.717) is 25.3 Å².